The van der Waals surface area contributed by atoms with Crippen LogP contribution in [-0.4, -0.2) is 33.8 Å². The minimum Gasteiger partial charge on any atom is -0.493 e. The van der Waals surface area contributed by atoms with Gasteiger partial charge in [0.25, 0.3) is 0 Å². The molecule has 0 unspecified atom stereocenters. The summed E-state index contributed by atoms with van der Waals surface area (Å²) in [5, 5.41) is 7.74. The number of benzene rings is 2. The van der Waals surface area contributed by atoms with Crippen molar-refractivity contribution in [3.8, 4) is 17.2 Å². The lowest BCUT2D eigenvalue weighted by Gasteiger charge is -2.15. The molecule has 1 aromatic heterocycles. The van der Waals surface area contributed by atoms with Crippen LogP contribution in [0, 0.1) is 6.92 Å². The summed E-state index contributed by atoms with van der Waals surface area (Å²) in [7, 11) is 4.80. The number of hydrogen-bond donors (Lipinski definition) is 2. The van der Waals surface area contributed by atoms with Crippen molar-refractivity contribution in [1.82, 2.24) is 10.6 Å². The van der Waals surface area contributed by atoms with E-state index in [2.05, 4.69) is 23.6 Å². The number of para-hydroxylation sites is 1. The zero-order valence-electron chi connectivity index (χ0n) is 18.6. The fourth-order valence-electron chi connectivity index (χ4n) is 3.35. The first-order chi connectivity index (χ1) is 14.6. The Hall–Kier alpha value is -2.62. The molecule has 0 spiro atoms. The molecule has 168 valence electrons. The molecule has 0 saturated carbocycles. The van der Waals surface area contributed by atoms with E-state index in [-0.39, 0.29) is 24.0 Å². The maximum absolute atomic E-state index is 5.99. The largest absolute Gasteiger partial charge is 0.493 e. The number of aliphatic imine (C=N–C) groups is 1. The van der Waals surface area contributed by atoms with Gasteiger partial charge in [-0.3, -0.25) is 0 Å². The van der Waals surface area contributed by atoms with E-state index in [4.69, 9.17) is 23.6 Å². The Morgan fingerprint density at radius 1 is 0.968 bits per heavy atom. The molecule has 3 rings (SSSR count). The van der Waals surface area contributed by atoms with Crippen molar-refractivity contribution >= 4 is 40.9 Å². The molecule has 0 amide bonds. The Morgan fingerprint density at radius 3 is 2.35 bits per heavy atom. The SMILES string of the molecule is CCNC(=NCc1ccc(OC)c(OC)c1OC)NCc1oc2ccccc2c1C.I. The Labute approximate surface area is 200 Å². The molecule has 0 fully saturated rings. The van der Waals surface area contributed by atoms with Gasteiger partial charge in [0.05, 0.1) is 34.4 Å². The molecule has 7 nitrogen and oxygen atoms in total. The number of rotatable bonds is 8. The summed E-state index contributed by atoms with van der Waals surface area (Å²) in [4.78, 5) is 4.70. The third kappa shape index (κ3) is 5.55. The summed E-state index contributed by atoms with van der Waals surface area (Å²) < 4.78 is 22.3. The monoisotopic (exact) mass is 539 g/mol. The number of hydrogen-bond acceptors (Lipinski definition) is 5. The number of methoxy groups -OCH3 is 3. The maximum atomic E-state index is 5.99. The van der Waals surface area contributed by atoms with Gasteiger partial charge in [0.1, 0.15) is 11.3 Å². The van der Waals surface area contributed by atoms with Crippen LogP contribution < -0.4 is 24.8 Å². The second-order valence-electron chi connectivity index (χ2n) is 6.69. The standard InChI is InChI=1S/C23H29N3O4.HI/c1-6-24-23(26-14-20-15(2)17-9-7-8-10-18(17)30-20)25-13-16-11-12-19(27-3)22(29-5)21(16)28-4;/h7-12H,6,13-14H2,1-5H3,(H2,24,25,26);1H. The summed E-state index contributed by atoms with van der Waals surface area (Å²) >= 11 is 0. The number of guanidine groups is 1. The van der Waals surface area contributed by atoms with Crippen molar-refractivity contribution in [1.29, 1.82) is 0 Å². The van der Waals surface area contributed by atoms with E-state index >= 15 is 0 Å². The van der Waals surface area contributed by atoms with E-state index < -0.39 is 0 Å². The molecule has 0 aliphatic rings. The van der Waals surface area contributed by atoms with Crippen molar-refractivity contribution < 1.29 is 18.6 Å². The number of furan rings is 1. The summed E-state index contributed by atoms with van der Waals surface area (Å²) in [5.41, 5.74) is 2.92. The van der Waals surface area contributed by atoms with Gasteiger partial charge in [-0.25, -0.2) is 4.99 Å². The van der Waals surface area contributed by atoms with Gasteiger partial charge in [0, 0.05) is 23.1 Å². The topological polar surface area (TPSA) is 77.3 Å². The molecule has 2 N–H and O–H groups in total. The summed E-state index contributed by atoms with van der Waals surface area (Å²) in [5.74, 6) is 3.38. The lowest BCUT2D eigenvalue weighted by atomic mass is 10.1. The van der Waals surface area contributed by atoms with Crippen LogP contribution in [0.15, 0.2) is 45.8 Å². The molecule has 8 heteroatoms. The van der Waals surface area contributed by atoms with E-state index in [0.29, 0.717) is 36.3 Å². The zero-order valence-corrected chi connectivity index (χ0v) is 20.9. The minimum atomic E-state index is 0. The third-order valence-corrected chi connectivity index (χ3v) is 4.90. The number of halogens is 1. The Balaban J connectivity index is 0.00000341. The van der Waals surface area contributed by atoms with Crippen molar-refractivity contribution in [3.63, 3.8) is 0 Å². The second-order valence-corrected chi connectivity index (χ2v) is 6.69. The van der Waals surface area contributed by atoms with Crippen LogP contribution in [0.5, 0.6) is 17.2 Å². The summed E-state index contributed by atoms with van der Waals surface area (Å²) in [6.45, 7) is 5.80. The highest BCUT2D eigenvalue weighted by atomic mass is 127. The van der Waals surface area contributed by atoms with Crippen molar-refractivity contribution in [2.45, 2.75) is 26.9 Å². The van der Waals surface area contributed by atoms with E-state index in [1.807, 2.05) is 37.3 Å². The van der Waals surface area contributed by atoms with Gasteiger partial charge in [0.2, 0.25) is 5.75 Å². The Morgan fingerprint density at radius 2 is 1.71 bits per heavy atom. The molecule has 0 aliphatic carbocycles. The molecule has 0 atom stereocenters. The van der Waals surface area contributed by atoms with Gasteiger partial charge < -0.3 is 29.3 Å². The number of nitrogens with one attached hydrogen (secondary N) is 2. The van der Waals surface area contributed by atoms with Gasteiger partial charge >= 0.3 is 0 Å². The summed E-state index contributed by atoms with van der Waals surface area (Å²) in [6.07, 6.45) is 0. The van der Waals surface area contributed by atoms with Gasteiger partial charge in [-0.1, -0.05) is 18.2 Å². The molecular weight excluding hydrogens is 509 g/mol. The van der Waals surface area contributed by atoms with Crippen LogP contribution in [-0.2, 0) is 13.1 Å². The highest BCUT2D eigenvalue weighted by molar-refractivity contribution is 14.0. The molecule has 0 aliphatic heterocycles. The van der Waals surface area contributed by atoms with E-state index in [0.717, 1.165) is 34.4 Å². The molecule has 0 bridgehead atoms. The maximum Gasteiger partial charge on any atom is 0.203 e. The number of ether oxygens (including phenoxy) is 3. The molecule has 0 radical (unpaired) electrons. The highest BCUT2D eigenvalue weighted by Gasteiger charge is 2.16. The van der Waals surface area contributed by atoms with Crippen molar-refractivity contribution in [2.24, 2.45) is 4.99 Å². The normalized spacial score (nSPS) is 11.1. The van der Waals surface area contributed by atoms with E-state index in [1.54, 1.807) is 21.3 Å². The third-order valence-electron chi connectivity index (χ3n) is 4.90. The van der Waals surface area contributed by atoms with Gasteiger partial charge in [-0.05, 0) is 32.0 Å². The van der Waals surface area contributed by atoms with Crippen molar-refractivity contribution in [3.05, 3.63) is 53.3 Å². The van der Waals surface area contributed by atoms with Gasteiger partial charge in [-0.15, -0.1) is 24.0 Å². The quantitative estimate of drug-likeness (QED) is 0.247. The fraction of sp³-hybridized carbons (Fsp3) is 0.348. The van der Waals surface area contributed by atoms with Gasteiger partial charge in [0.15, 0.2) is 17.5 Å². The zero-order chi connectivity index (χ0) is 21.5. The molecule has 2 aromatic carbocycles. The lowest BCUT2D eigenvalue weighted by Crippen LogP contribution is -2.36. The Kier molecular flexibility index (Phi) is 9.29. The van der Waals surface area contributed by atoms with Crippen LogP contribution in [0.2, 0.25) is 0 Å². The average Bonchev–Trinajstić information content (AvgIpc) is 3.10. The number of fused-ring (bicyclic) bond motifs is 1. The van der Waals surface area contributed by atoms with E-state index in [9.17, 15) is 0 Å². The van der Waals surface area contributed by atoms with Crippen LogP contribution in [0.1, 0.15) is 23.8 Å². The molecule has 31 heavy (non-hydrogen) atoms. The summed E-state index contributed by atoms with van der Waals surface area (Å²) in [6, 6.07) is 11.8. The predicted octanol–water partition coefficient (Wildman–Crippen LogP) is 4.64. The number of nitrogens with zero attached hydrogens (tertiary/aromatic N) is 1. The first kappa shape index (κ1) is 24.6. The minimum absolute atomic E-state index is 0. The van der Waals surface area contributed by atoms with E-state index in [1.165, 1.54) is 0 Å². The van der Waals surface area contributed by atoms with Crippen LogP contribution >= 0.6 is 24.0 Å². The van der Waals surface area contributed by atoms with Gasteiger partial charge in [-0.2, -0.15) is 0 Å². The lowest BCUT2D eigenvalue weighted by molar-refractivity contribution is 0.322. The van der Waals surface area contributed by atoms with Crippen LogP contribution in [0.4, 0.5) is 0 Å². The predicted molar refractivity (Wildman–Crippen MR) is 134 cm³/mol. The smallest absolute Gasteiger partial charge is 0.203 e. The first-order valence-electron chi connectivity index (χ1n) is 9.89. The van der Waals surface area contributed by atoms with Crippen molar-refractivity contribution in [2.75, 3.05) is 27.9 Å². The fourth-order valence-corrected chi connectivity index (χ4v) is 3.35. The molecular formula is C23H30IN3O4. The van der Waals surface area contributed by atoms with Crippen LogP contribution in [0.3, 0.4) is 0 Å². The molecule has 3 aromatic rings. The highest BCUT2D eigenvalue weighted by Crippen LogP contribution is 2.39. The first-order valence-corrected chi connectivity index (χ1v) is 9.89. The van der Waals surface area contributed by atoms with Crippen LogP contribution in [0.25, 0.3) is 11.0 Å². The number of aryl methyl sites for hydroxylation is 1. The second kappa shape index (κ2) is 11.7. The molecule has 0 saturated heterocycles. The average molecular weight is 539 g/mol. The Bertz CT molecular complexity index is 1030. The molecule has 1 heterocycles.